The molecule has 0 spiro atoms. The average molecular weight is 283 g/mol. The maximum atomic E-state index is 12.4. The quantitative estimate of drug-likeness (QED) is 0.915. The van der Waals surface area contributed by atoms with Crippen molar-refractivity contribution >= 4 is 15.8 Å². The molecule has 0 bridgehead atoms. The van der Waals surface area contributed by atoms with Crippen molar-refractivity contribution in [1.82, 2.24) is 9.29 Å². The van der Waals surface area contributed by atoms with Gasteiger partial charge in [0.15, 0.2) is 0 Å². The third kappa shape index (κ3) is 3.45. The molecular weight excluding hydrogens is 262 g/mol. The second-order valence-electron chi connectivity index (χ2n) is 5.21. The summed E-state index contributed by atoms with van der Waals surface area (Å²) in [5.74, 6) is 0.809. The summed E-state index contributed by atoms with van der Waals surface area (Å²) in [5.41, 5.74) is 5.48. The van der Waals surface area contributed by atoms with E-state index in [2.05, 4.69) is 4.98 Å². The van der Waals surface area contributed by atoms with Crippen LogP contribution in [-0.2, 0) is 10.0 Å². The van der Waals surface area contributed by atoms with Crippen LogP contribution >= 0.6 is 0 Å². The van der Waals surface area contributed by atoms with E-state index < -0.39 is 10.0 Å². The molecule has 2 rings (SSSR count). The van der Waals surface area contributed by atoms with Gasteiger partial charge in [0, 0.05) is 19.8 Å². The molecule has 0 amide bonds. The van der Waals surface area contributed by atoms with E-state index in [-0.39, 0.29) is 4.90 Å². The summed E-state index contributed by atoms with van der Waals surface area (Å²) in [5, 5.41) is 0. The summed E-state index contributed by atoms with van der Waals surface area (Å²) in [4.78, 5) is 4.05. The second kappa shape index (κ2) is 5.88. The van der Waals surface area contributed by atoms with Gasteiger partial charge in [-0.05, 0) is 30.9 Å². The van der Waals surface area contributed by atoms with Crippen LogP contribution in [0.2, 0.25) is 0 Å². The Bertz CT molecular complexity index is 507. The minimum Gasteiger partial charge on any atom is -0.384 e. The molecule has 1 aromatic rings. The zero-order valence-electron chi connectivity index (χ0n) is 11.2. The van der Waals surface area contributed by atoms with Crippen molar-refractivity contribution in [2.45, 2.75) is 37.0 Å². The number of rotatable bonds is 4. The largest absolute Gasteiger partial charge is 0.384 e. The number of hydrogen-bond acceptors (Lipinski definition) is 4. The van der Waals surface area contributed by atoms with Gasteiger partial charge in [0.2, 0.25) is 10.0 Å². The smallest absolute Gasteiger partial charge is 0.244 e. The number of aromatic nitrogens is 1. The highest BCUT2D eigenvalue weighted by Gasteiger charge is 2.24. The minimum absolute atomic E-state index is 0.208. The average Bonchev–Trinajstić information content (AvgIpc) is 2.40. The Kier molecular flexibility index (Phi) is 4.42. The molecule has 1 aliphatic rings. The monoisotopic (exact) mass is 283 g/mol. The first-order valence-electron chi connectivity index (χ1n) is 6.68. The van der Waals surface area contributed by atoms with Gasteiger partial charge in [0.1, 0.15) is 10.7 Å². The topological polar surface area (TPSA) is 76.3 Å². The summed E-state index contributed by atoms with van der Waals surface area (Å²) in [6.07, 6.45) is 7.26. The Morgan fingerprint density at radius 1 is 1.32 bits per heavy atom. The molecule has 1 aromatic heterocycles. The number of anilines is 1. The van der Waals surface area contributed by atoms with Crippen LogP contribution in [0.3, 0.4) is 0 Å². The van der Waals surface area contributed by atoms with E-state index in [0.717, 1.165) is 12.8 Å². The van der Waals surface area contributed by atoms with E-state index in [9.17, 15) is 8.42 Å². The Morgan fingerprint density at radius 2 is 2.00 bits per heavy atom. The van der Waals surface area contributed by atoms with Gasteiger partial charge >= 0.3 is 0 Å². The van der Waals surface area contributed by atoms with Gasteiger partial charge in [-0.3, -0.25) is 0 Å². The molecule has 1 heterocycles. The SMILES string of the molecule is CN(CC1CCCCC1)S(=O)(=O)c1ccc(N)nc1. The first kappa shape index (κ1) is 14.3. The zero-order chi connectivity index (χ0) is 13.9. The molecule has 0 radical (unpaired) electrons. The van der Waals surface area contributed by atoms with Gasteiger partial charge in [-0.2, -0.15) is 0 Å². The van der Waals surface area contributed by atoms with Crippen LogP contribution in [0.15, 0.2) is 23.2 Å². The molecule has 2 N–H and O–H groups in total. The molecule has 106 valence electrons. The number of pyridine rings is 1. The zero-order valence-corrected chi connectivity index (χ0v) is 12.1. The predicted molar refractivity (Wildman–Crippen MR) is 75.0 cm³/mol. The molecule has 0 saturated heterocycles. The molecule has 19 heavy (non-hydrogen) atoms. The summed E-state index contributed by atoms with van der Waals surface area (Å²) in [7, 11) is -1.80. The lowest BCUT2D eigenvalue weighted by molar-refractivity contribution is 0.300. The van der Waals surface area contributed by atoms with E-state index in [4.69, 9.17) is 5.73 Å². The highest BCUT2D eigenvalue weighted by molar-refractivity contribution is 7.89. The van der Waals surface area contributed by atoms with Crippen LogP contribution in [0.1, 0.15) is 32.1 Å². The Balaban J connectivity index is 2.07. The number of sulfonamides is 1. The lowest BCUT2D eigenvalue weighted by atomic mass is 9.89. The normalized spacial score (nSPS) is 17.8. The van der Waals surface area contributed by atoms with Crippen molar-refractivity contribution in [2.24, 2.45) is 5.92 Å². The van der Waals surface area contributed by atoms with Crippen molar-refractivity contribution in [3.05, 3.63) is 18.3 Å². The van der Waals surface area contributed by atoms with E-state index >= 15 is 0 Å². The summed E-state index contributed by atoms with van der Waals surface area (Å²) in [6, 6.07) is 3.02. The summed E-state index contributed by atoms with van der Waals surface area (Å²) >= 11 is 0. The van der Waals surface area contributed by atoms with Gasteiger partial charge in [-0.15, -0.1) is 0 Å². The highest BCUT2D eigenvalue weighted by Crippen LogP contribution is 2.25. The van der Waals surface area contributed by atoms with Gasteiger partial charge < -0.3 is 5.73 Å². The maximum absolute atomic E-state index is 12.4. The Hall–Kier alpha value is -1.14. The number of nitrogen functional groups attached to an aromatic ring is 1. The van der Waals surface area contributed by atoms with Crippen molar-refractivity contribution in [2.75, 3.05) is 19.3 Å². The van der Waals surface area contributed by atoms with Gasteiger partial charge in [0.05, 0.1) is 0 Å². The summed E-state index contributed by atoms with van der Waals surface area (Å²) in [6.45, 7) is 0.590. The lowest BCUT2D eigenvalue weighted by Crippen LogP contribution is -2.32. The Labute approximate surface area is 114 Å². The number of hydrogen-bond donors (Lipinski definition) is 1. The fraction of sp³-hybridized carbons (Fsp3) is 0.615. The highest BCUT2D eigenvalue weighted by atomic mass is 32.2. The third-order valence-electron chi connectivity index (χ3n) is 3.71. The molecule has 0 aliphatic heterocycles. The summed E-state index contributed by atoms with van der Waals surface area (Å²) < 4.78 is 26.2. The van der Waals surface area contributed by atoms with Gasteiger partial charge in [-0.1, -0.05) is 19.3 Å². The van der Waals surface area contributed by atoms with Crippen LogP contribution in [-0.4, -0.2) is 31.3 Å². The van der Waals surface area contributed by atoms with Crippen molar-refractivity contribution < 1.29 is 8.42 Å². The fourth-order valence-electron chi connectivity index (χ4n) is 2.56. The first-order valence-corrected chi connectivity index (χ1v) is 8.12. The first-order chi connectivity index (χ1) is 9.00. The molecule has 0 aromatic carbocycles. The van der Waals surface area contributed by atoms with Crippen LogP contribution in [0, 0.1) is 5.92 Å². The number of nitrogens with two attached hydrogens (primary N) is 1. The van der Waals surface area contributed by atoms with Crippen molar-refractivity contribution in [3.63, 3.8) is 0 Å². The van der Waals surface area contributed by atoms with Crippen LogP contribution in [0.25, 0.3) is 0 Å². The van der Waals surface area contributed by atoms with Crippen molar-refractivity contribution in [1.29, 1.82) is 0 Å². The minimum atomic E-state index is -3.44. The molecular formula is C13H21N3O2S. The van der Waals surface area contributed by atoms with Crippen LogP contribution in [0.4, 0.5) is 5.82 Å². The Morgan fingerprint density at radius 3 is 2.58 bits per heavy atom. The van der Waals surface area contributed by atoms with E-state index in [0.29, 0.717) is 18.3 Å². The number of nitrogens with zero attached hydrogens (tertiary/aromatic N) is 2. The molecule has 0 atom stereocenters. The van der Waals surface area contributed by atoms with Crippen LogP contribution in [0.5, 0.6) is 0 Å². The van der Waals surface area contributed by atoms with Gasteiger partial charge in [-0.25, -0.2) is 17.7 Å². The van der Waals surface area contributed by atoms with E-state index in [1.54, 1.807) is 7.05 Å². The molecule has 1 fully saturated rings. The molecule has 1 saturated carbocycles. The van der Waals surface area contributed by atoms with Gasteiger partial charge in [0.25, 0.3) is 0 Å². The fourth-order valence-corrected chi connectivity index (χ4v) is 3.75. The van der Waals surface area contributed by atoms with E-state index in [1.807, 2.05) is 0 Å². The van der Waals surface area contributed by atoms with E-state index in [1.165, 1.54) is 41.9 Å². The third-order valence-corrected chi connectivity index (χ3v) is 5.51. The van der Waals surface area contributed by atoms with Crippen molar-refractivity contribution in [3.8, 4) is 0 Å². The predicted octanol–water partition coefficient (Wildman–Crippen LogP) is 1.86. The second-order valence-corrected chi connectivity index (χ2v) is 7.25. The molecule has 1 aliphatic carbocycles. The molecule has 0 unspecified atom stereocenters. The standard InChI is InChI=1S/C13H21N3O2S/c1-16(10-11-5-3-2-4-6-11)19(17,18)12-7-8-13(14)15-9-12/h7-9,11H,2-6,10H2,1H3,(H2,14,15). The maximum Gasteiger partial charge on any atom is 0.244 e. The molecule has 6 heteroatoms. The molecule has 5 nitrogen and oxygen atoms in total. The lowest BCUT2D eigenvalue weighted by Gasteiger charge is -2.26. The van der Waals surface area contributed by atoms with Crippen LogP contribution < -0.4 is 5.73 Å².